The molecule has 1 aliphatic rings. The number of aryl methyl sites for hydroxylation is 1. The highest BCUT2D eigenvalue weighted by Gasteiger charge is 2.48. The van der Waals surface area contributed by atoms with Crippen LogP contribution in [0.4, 0.5) is 0 Å². The molecule has 8 rings (SSSR count). The molecule has 4 aromatic heterocycles. The molecule has 3 aromatic carbocycles. The summed E-state index contributed by atoms with van der Waals surface area (Å²) in [7, 11) is 0. The van der Waals surface area contributed by atoms with Crippen molar-refractivity contribution >= 4 is 60.8 Å². The number of allylic oxidation sites excluding steroid dienone is 1. The van der Waals surface area contributed by atoms with Crippen molar-refractivity contribution in [2.24, 2.45) is 0 Å². The molecule has 0 bridgehead atoms. The Hall–Kier alpha value is -4.15. The quantitative estimate of drug-likeness (QED) is 0.214. The molecule has 3 nitrogen and oxygen atoms in total. The predicted octanol–water partition coefficient (Wildman–Crippen LogP) is 10.0. The van der Waals surface area contributed by atoms with Gasteiger partial charge in [0.2, 0.25) is 5.69 Å². The molecule has 0 amide bonds. The highest BCUT2D eigenvalue weighted by Crippen LogP contribution is 2.50. The smallest absolute Gasteiger partial charge is 0.226 e. The number of nitrogens with zero attached hydrogens (tertiary/aromatic N) is 1. The van der Waals surface area contributed by atoms with Gasteiger partial charge >= 0.3 is 0 Å². The van der Waals surface area contributed by atoms with Crippen molar-refractivity contribution in [1.82, 2.24) is 0 Å². The van der Waals surface area contributed by atoms with Crippen molar-refractivity contribution in [3.8, 4) is 21.0 Å². The molecule has 7 aromatic rings. The molecular weight excluding hydrogens is 498 g/mol. The average Bonchev–Trinajstić information content (AvgIpc) is 3.65. The minimum Gasteiger partial charge on any atom is -0.456 e. The number of pyridine rings is 1. The zero-order valence-corrected chi connectivity index (χ0v) is 23.1. The lowest BCUT2D eigenvalue weighted by Gasteiger charge is -2.33. The summed E-state index contributed by atoms with van der Waals surface area (Å²) >= 11 is 1.87. The van der Waals surface area contributed by atoms with E-state index in [0.29, 0.717) is 0 Å². The zero-order chi connectivity index (χ0) is 26.5. The van der Waals surface area contributed by atoms with Crippen LogP contribution < -0.4 is 4.57 Å². The number of fused-ring (bicyclic) bond motifs is 9. The van der Waals surface area contributed by atoms with E-state index in [0.717, 1.165) is 56.7 Å². The molecule has 0 atom stereocenters. The van der Waals surface area contributed by atoms with Crippen LogP contribution in [0.15, 0.2) is 94.4 Å². The van der Waals surface area contributed by atoms with Crippen LogP contribution in [0.3, 0.4) is 0 Å². The topological polar surface area (TPSA) is 30.2 Å². The summed E-state index contributed by atoms with van der Waals surface area (Å²) in [5.74, 6) is 0. The molecular formula is C35H28NO2S+. The number of para-hydroxylation sites is 1. The van der Waals surface area contributed by atoms with Gasteiger partial charge in [-0.3, -0.25) is 0 Å². The second-order valence-corrected chi connectivity index (χ2v) is 11.8. The molecule has 0 aliphatic carbocycles. The van der Waals surface area contributed by atoms with E-state index in [2.05, 4.69) is 92.7 Å². The fourth-order valence-corrected chi connectivity index (χ4v) is 8.05. The third kappa shape index (κ3) is 2.95. The van der Waals surface area contributed by atoms with E-state index < -0.39 is 0 Å². The summed E-state index contributed by atoms with van der Waals surface area (Å²) < 4.78 is 14.9. The maximum Gasteiger partial charge on any atom is 0.226 e. The van der Waals surface area contributed by atoms with Gasteiger partial charge in [-0.1, -0.05) is 38.6 Å². The van der Waals surface area contributed by atoms with Gasteiger partial charge in [0.25, 0.3) is 0 Å². The minimum absolute atomic E-state index is 0.101. The molecule has 0 fully saturated rings. The Labute approximate surface area is 230 Å². The maximum atomic E-state index is 6.29. The molecule has 190 valence electrons. The summed E-state index contributed by atoms with van der Waals surface area (Å²) in [6, 6.07) is 25.8. The van der Waals surface area contributed by atoms with Gasteiger partial charge in [-0.25, -0.2) is 0 Å². The first-order valence-electron chi connectivity index (χ1n) is 13.7. The van der Waals surface area contributed by atoms with Crippen LogP contribution in [0.2, 0.25) is 0 Å². The molecule has 0 saturated heterocycles. The number of hydrogen-bond donors (Lipinski definition) is 0. The summed E-state index contributed by atoms with van der Waals surface area (Å²) in [5.41, 5.74) is 9.74. The lowest BCUT2D eigenvalue weighted by atomic mass is 9.77. The number of aromatic nitrogens is 1. The maximum absolute atomic E-state index is 6.29. The van der Waals surface area contributed by atoms with Crippen LogP contribution in [0.1, 0.15) is 37.8 Å². The Morgan fingerprint density at radius 1 is 0.769 bits per heavy atom. The molecule has 0 saturated carbocycles. The Morgan fingerprint density at radius 2 is 1.49 bits per heavy atom. The third-order valence-electron chi connectivity index (χ3n) is 8.91. The Morgan fingerprint density at radius 3 is 2.28 bits per heavy atom. The molecule has 4 heteroatoms. The van der Waals surface area contributed by atoms with E-state index in [9.17, 15) is 0 Å². The highest BCUT2D eigenvalue weighted by atomic mass is 32.1. The number of thiophene rings is 1. The van der Waals surface area contributed by atoms with Crippen molar-refractivity contribution in [2.75, 3.05) is 0 Å². The van der Waals surface area contributed by atoms with Crippen molar-refractivity contribution in [1.29, 1.82) is 0 Å². The van der Waals surface area contributed by atoms with E-state index in [1.165, 1.54) is 37.7 Å². The molecule has 1 aliphatic heterocycles. The van der Waals surface area contributed by atoms with Crippen molar-refractivity contribution in [2.45, 2.75) is 39.2 Å². The SMILES string of the molecule is C=C1c2cc(-c3ccc4oc5cc6oc7ccccc7c6cc5c4c3)sc2-c2c(C)ccc[n+]2C1(CC)CC. The Kier molecular flexibility index (Phi) is 4.64. The largest absolute Gasteiger partial charge is 0.456 e. The Bertz CT molecular complexity index is 2130. The van der Waals surface area contributed by atoms with E-state index in [-0.39, 0.29) is 5.54 Å². The summed E-state index contributed by atoms with van der Waals surface area (Å²) in [4.78, 5) is 2.57. The van der Waals surface area contributed by atoms with Crippen LogP contribution in [0, 0.1) is 6.92 Å². The van der Waals surface area contributed by atoms with Crippen molar-refractivity contribution < 1.29 is 13.4 Å². The van der Waals surface area contributed by atoms with Crippen molar-refractivity contribution in [3.63, 3.8) is 0 Å². The van der Waals surface area contributed by atoms with Crippen LogP contribution in [0.25, 0.3) is 70.5 Å². The van der Waals surface area contributed by atoms with Gasteiger partial charge in [0, 0.05) is 68.1 Å². The third-order valence-corrected chi connectivity index (χ3v) is 10.1. The lowest BCUT2D eigenvalue weighted by Crippen LogP contribution is -2.59. The van der Waals surface area contributed by atoms with Gasteiger partial charge in [-0.05, 0) is 55.0 Å². The Balaban J connectivity index is 1.34. The summed E-state index contributed by atoms with van der Waals surface area (Å²) in [6.45, 7) is 11.5. The van der Waals surface area contributed by atoms with Gasteiger partial charge in [0.1, 0.15) is 27.2 Å². The number of furan rings is 2. The average molecular weight is 527 g/mol. The van der Waals surface area contributed by atoms with E-state index in [1.807, 2.05) is 29.5 Å². The molecule has 0 unspecified atom stereocenters. The van der Waals surface area contributed by atoms with E-state index >= 15 is 0 Å². The predicted molar refractivity (Wildman–Crippen MR) is 162 cm³/mol. The summed E-state index contributed by atoms with van der Waals surface area (Å²) in [6.07, 6.45) is 4.27. The fourth-order valence-electron chi connectivity index (χ4n) is 6.76. The zero-order valence-electron chi connectivity index (χ0n) is 22.3. The first-order chi connectivity index (χ1) is 19.0. The number of rotatable bonds is 3. The summed E-state index contributed by atoms with van der Waals surface area (Å²) in [5, 5.41) is 4.49. The molecule has 5 heterocycles. The second-order valence-electron chi connectivity index (χ2n) is 10.7. The molecule has 39 heavy (non-hydrogen) atoms. The monoisotopic (exact) mass is 526 g/mol. The highest BCUT2D eigenvalue weighted by molar-refractivity contribution is 7.19. The number of hydrogen-bond acceptors (Lipinski definition) is 3. The van der Waals surface area contributed by atoms with E-state index in [1.54, 1.807) is 0 Å². The minimum atomic E-state index is -0.101. The van der Waals surface area contributed by atoms with Crippen LogP contribution in [-0.4, -0.2) is 0 Å². The van der Waals surface area contributed by atoms with Gasteiger partial charge in [-0.2, -0.15) is 4.57 Å². The fraction of sp³-hybridized carbons (Fsp3) is 0.171. The van der Waals surface area contributed by atoms with Crippen LogP contribution in [0.5, 0.6) is 0 Å². The van der Waals surface area contributed by atoms with Gasteiger partial charge in [0.15, 0.2) is 11.7 Å². The van der Waals surface area contributed by atoms with Crippen LogP contribution >= 0.6 is 11.3 Å². The standard InChI is InChI=1S/C35H28NO2S/c1-5-35(6-2)21(4)24-18-32(39-34(24)33-20(3)10-9-15-36(33)35)22-13-14-29-25(16-22)27-17-26-23-11-7-8-12-28(23)37-30(26)19-31(27)38-29/h7-19H,4-6H2,1-3H3/q+1. The molecule has 0 N–H and O–H groups in total. The van der Waals surface area contributed by atoms with Crippen LogP contribution in [-0.2, 0) is 5.54 Å². The van der Waals surface area contributed by atoms with Gasteiger partial charge in [-0.15, -0.1) is 11.3 Å². The number of benzene rings is 3. The first-order valence-corrected chi connectivity index (χ1v) is 14.5. The molecule has 0 spiro atoms. The second kappa shape index (κ2) is 7.93. The van der Waals surface area contributed by atoms with Gasteiger partial charge in [0.05, 0.1) is 0 Å². The normalized spacial score (nSPS) is 14.5. The first kappa shape index (κ1) is 22.8. The van der Waals surface area contributed by atoms with E-state index in [4.69, 9.17) is 8.83 Å². The van der Waals surface area contributed by atoms with Gasteiger partial charge < -0.3 is 8.83 Å². The lowest BCUT2D eigenvalue weighted by molar-refractivity contribution is -0.741. The van der Waals surface area contributed by atoms with Crippen molar-refractivity contribution in [3.05, 3.63) is 96.7 Å². The molecule has 0 radical (unpaired) electrons.